The molecule has 0 saturated carbocycles. The van der Waals surface area contributed by atoms with Crippen molar-refractivity contribution in [3.05, 3.63) is 60.0 Å². The smallest absolute Gasteiger partial charge is 0.277 e. The van der Waals surface area contributed by atoms with Crippen molar-refractivity contribution in [2.24, 2.45) is 5.10 Å². The summed E-state index contributed by atoms with van der Waals surface area (Å²) in [6, 6.07) is 5.90. The fourth-order valence-corrected chi connectivity index (χ4v) is 3.35. The number of benzene rings is 2. The van der Waals surface area contributed by atoms with Gasteiger partial charge < -0.3 is 9.84 Å². The number of ether oxygens (including phenoxy) is 1. The first kappa shape index (κ1) is 20.8. The van der Waals surface area contributed by atoms with Gasteiger partial charge >= 0.3 is 0 Å². The fourth-order valence-electron chi connectivity index (χ4n) is 2.26. The van der Waals surface area contributed by atoms with E-state index in [1.54, 1.807) is 19.9 Å². The number of non-ortho nitro benzene ring substituents is 1. The van der Waals surface area contributed by atoms with E-state index in [9.17, 15) is 20.0 Å². The molecule has 0 heterocycles. The molecular formula is C17H15Br2N3O5. The number of aryl methyl sites for hydroxylation is 2. The molecule has 2 rings (SSSR count). The fraction of sp³-hybridized carbons (Fsp3) is 0.176. The summed E-state index contributed by atoms with van der Waals surface area (Å²) in [7, 11) is 0. The van der Waals surface area contributed by atoms with Crippen LogP contribution in [0, 0.1) is 24.0 Å². The molecule has 1 amide bonds. The maximum Gasteiger partial charge on any atom is 0.277 e. The Bertz CT molecular complexity index is 908. The summed E-state index contributed by atoms with van der Waals surface area (Å²) in [5, 5.41) is 24.3. The molecule has 2 aromatic rings. The van der Waals surface area contributed by atoms with E-state index in [2.05, 4.69) is 42.4 Å². The minimum Gasteiger partial charge on any atom is -0.507 e. The van der Waals surface area contributed by atoms with E-state index in [1.165, 1.54) is 24.4 Å². The lowest BCUT2D eigenvalue weighted by atomic mass is 10.1. The molecule has 0 aliphatic carbocycles. The topological polar surface area (TPSA) is 114 Å². The largest absolute Gasteiger partial charge is 0.507 e. The summed E-state index contributed by atoms with van der Waals surface area (Å²) >= 11 is 6.51. The van der Waals surface area contributed by atoms with Gasteiger partial charge in [-0.1, -0.05) is 15.9 Å². The van der Waals surface area contributed by atoms with Crippen LogP contribution >= 0.6 is 31.9 Å². The predicted molar refractivity (Wildman–Crippen MR) is 107 cm³/mol. The van der Waals surface area contributed by atoms with E-state index in [0.717, 1.165) is 0 Å². The molecule has 27 heavy (non-hydrogen) atoms. The number of halogens is 2. The van der Waals surface area contributed by atoms with Gasteiger partial charge in [0.2, 0.25) is 0 Å². The first-order valence-corrected chi connectivity index (χ1v) is 9.16. The van der Waals surface area contributed by atoms with Crippen LogP contribution in [0.3, 0.4) is 0 Å². The highest BCUT2D eigenvalue weighted by Crippen LogP contribution is 2.30. The summed E-state index contributed by atoms with van der Waals surface area (Å²) in [6.45, 7) is 3.04. The molecular weight excluding hydrogens is 486 g/mol. The van der Waals surface area contributed by atoms with Gasteiger partial charge in [-0.3, -0.25) is 14.9 Å². The minimum absolute atomic E-state index is 0.0327. The Labute approximate surface area is 171 Å². The highest BCUT2D eigenvalue weighted by Gasteiger charge is 2.14. The number of phenolic OH excluding ortho intramolecular Hbond substituents is 1. The zero-order valence-corrected chi connectivity index (χ0v) is 17.5. The summed E-state index contributed by atoms with van der Waals surface area (Å²) in [5.74, 6) is -0.0420. The third-order valence-electron chi connectivity index (χ3n) is 3.46. The van der Waals surface area contributed by atoms with Crippen LogP contribution < -0.4 is 10.2 Å². The number of carbonyl (C=O) groups is 1. The molecule has 2 N–H and O–H groups in total. The normalized spacial score (nSPS) is 10.8. The van der Waals surface area contributed by atoms with Crippen molar-refractivity contribution < 1.29 is 19.6 Å². The van der Waals surface area contributed by atoms with Gasteiger partial charge in [0.25, 0.3) is 11.6 Å². The maximum atomic E-state index is 11.9. The van der Waals surface area contributed by atoms with Crippen molar-refractivity contribution in [2.75, 3.05) is 6.61 Å². The number of carbonyl (C=O) groups excluding carboxylic acids is 1. The van der Waals surface area contributed by atoms with Crippen molar-refractivity contribution in [3.63, 3.8) is 0 Å². The first-order valence-electron chi connectivity index (χ1n) is 7.57. The van der Waals surface area contributed by atoms with E-state index in [4.69, 9.17) is 4.74 Å². The molecule has 0 aliphatic heterocycles. The Morgan fingerprint density at radius 3 is 2.48 bits per heavy atom. The van der Waals surface area contributed by atoms with Gasteiger partial charge in [-0.25, -0.2) is 5.43 Å². The second-order valence-electron chi connectivity index (χ2n) is 5.57. The molecule has 0 aromatic heterocycles. The maximum absolute atomic E-state index is 11.9. The number of nitrogens with one attached hydrogen (secondary N) is 1. The van der Waals surface area contributed by atoms with Crippen molar-refractivity contribution in [1.82, 2.24) is 5.43 Å². The van der Waals surface area contributed by atoms with Gasteiger partial charge in [-0.05, 0) is 53.0 Å². The van der Waals surface area contributed by atoms with Gasteiger partial charge in [0.05, 0.1) is 15.6 Å². The van der Waals surface area contributed by atoms with Crippen LogP contribution in [0.5, 0.6) is 11.5 Å². The van der Waals surface area contributed by atoms with E-state index in [1.807, 2.05) is 0 Å². The average Bonchev–Trinajstić information content (AvgIpc) is 2.58. The van der Waals surface area contributed by atoms with Gasteiger partial charge in [-0.2, -0.15) is 5.10 Å². The molecule has 0 fully saturated rings. The van der Waals surface area contributed by atoms with Gasteiger partial charge in [0, 0.05) is 22.2 Å². The summed E-state index contributed by atoms with van der Waals surface area (Å²) in [5.41, 5.74) is 3.97. The quantitative estimate of drug-likeness (QED) is 0.354. The molecule has 0 atom stereocenters. The number of hydrogen-bond donors (Lipinski definition) is 2. The number of hydrazone groups is 1. The van der Waals surface area contributed by atoms with Crippen molar-refractivity contribution in [1.29, 1.82) is 0 Å². The summed E-state index contributed by atoms with van der Waals surface area (Å²) in [6.07, 6.45) is 1.37. The number of nitro benzene ring substituents is 1. The third kappa shape index (κ3) is 5.51. The molecule has 0 bridgehead atoms. The lowest BCUT2D eigenvalue weighted by molar-refractivity contribution is -0.385. The Kier molecular flexibility index (Phi) is 6.92. The van der Waals surface area contributed by atoms with Crippen LogP contribution in [0.2, 0.25) is 0 Å². The number of nitrogens with zero attached hydrogens (tertiary/aromatic N) is 2. The predicted octanol–water partition coefficient (Wildman–Crippen LogP) is 3.97. The number of phenols is 1. The van der Waals surface area contributed by atoms with Crippen LogP contribution in [0.4, 0.5) is 5.69 Å². The van der Waals surface area contributed by atoms with E-state index >= 15 is 0 Å². The van der Waals surface area contributed by atoms with E-state index in [-0.39, 0.29) is 18.0 Å². The Morgan fingerprint density at radius 2 is 1.89 bits per heavy atom. The molecule has 0 unspecified atom stereocenters. The van der Waals surface area contributed by atoms with Gasteiger partial charge in [-0.15, -0.1) is 0 Å². The zero-order valence-electron chi connectivity index (χ0n) is 14.3. The van der Waals surface area contributed by atoms with Crippen molar-refractivity contribution in [3.8, 4) is 11.5 Å². The SMILES string of the molecule is Cc1cc([N+](=O)[O-])cc(C)c1OCC(=O)NN=Cc1cc(O)c(Br)cc1Br. The summed E-state index contributed by atoms with van der Waals surface area (Å²) in [4.78, 5) is 22.2. The van der Waals surface area contributed by atoms with Crippen LogP contribution in [0.1, 0.15) is 16.7 Å². The number of aromatic hydroxyl groups is 1. The molecule has 0 spiro atoms. The number of amides is 1. The zero-order chi connectivity index (χ0) is 20.1. The van der Waals surface area contributed by atoms with Crippen LogP contribution in [-0.2, 0) is 4.79 Å². The highest BCUT2D eigenvalue weighted by atomic mass is 79.9. The molecule has 10 heteroatoms. The lowest BCUT2D eigenvalue weighted by Gasteiger charge is -2.11. The minimum atomic E-state index is -0.499. The first-order chi connectivity index (χ1) is 12.7. The molecule has 0 radical (unpaired) electrons. The highest BCUT2D eigenvalue weighted by molar-refractivity contribution is 9.11. The second kappa shape index (κ2) is 8.96. The van der Waals surface area contributed by atoms with Crippen molar-refractivity contribution in [2.45, 2.75) is 13.8 Å². The molecule has 142 valence electrons. The van der Waals surface area contributed by atoms with Crippen LogP contribution in [0.15, 0.2) is 38.3 Å². The van der Waals surface area contributed by atoms with Gasteiger partial charge in [0.15, 0.2) is 6.61 Å². The Hall–Kier alpha value is -2.46. The summed E-state index contributed by atoms with van der Waals surface area (Å²) < 4.78 is 6.67. The Balaban J connectivity index is 1.97. The molecule has 2 aromatic carbocycles. The monoisotopic (exact) mass is 499 g/mol. The molecule has 0 aliphatic rings. The third-order valence-corrected chi connectivity index (χ3v) is 4.78. The lowest BCUT2D eigenvalue weighted by Crippen LogP contribution is -2.25. The molecule has 0 saturated heterocycles. The van der Waals surface area contributed by atoms with Crippen LogP contribution in [0.25, 0.3) is 0 Å². The van der Waals surface area contributed by atoms with Crippen molar-refractivity contribution >= 4 is 49.7 Å². The second-order valence-corrected chi connectivity index (χ2v) is 7.28. The van der Waals surface area contributed by atoms with Gasteiger partial charge in [0.1, 0.15) is 11.5 Å². The standard InChI is InChI=1S/C17H15Br2N3O5/c1-9-3-12(22(25)26)4-10(2)17(9)27-8-16(24)21-20-7-11-5-15(23)14(19)6-13(11)18/h3-7,23H,8H2,1-2H3,(H,21,24). The number of nitro groups is 1. The number of hydrogen-bond acceptors (Lipinski definition) is 6. The van der Waals surface area contributed by atoms with E-state index < -0.39 is 10.8 Å². The van der Waals surface area contributed by atoms with E-state index in [0.29, 0.717) is 31.4 Å². The Morgan fingerprint density at radius 1 is 1.26 bits per heavy atom. The van der Waals surface area contributed by atoms with Crippen LogP contribution in [-0.4, -0.2) is 28.8 Å². The molecule has 8 nitrogen and oxygen atoms in total. The average molecular weight is 501 g/mol. The number of rotatable bonds is 6.